The maximum Gasteiger partial charge on any atom is 0.326 e. The largest absolute Gasteiger partial charge is 0.480 e. The first-order valence-corrected chi connectivity index (χ1v) is 7.56. The molecule has 0 saturated heterocycles. The first-order chi connectivity index (χ1) is 10.3. The predicted molar refractivity (Wildman–Crippen MR) is 82.5 cm³/mol. The van der Waals surface area contributed by atoms with Gasteiger partial charge in [0.2, 0.25) is 5.91 Å². The fourth-order valence-electron chi connectivity index (χ4n) is 3.08. The van der Waals surface area contributed by atoms with Gasteiger partial charge in [0.1, 0.15) is 6.04 Å². The zero-order valence-electron chi connectivity index (χ0n) is 13.8. The molecule has 0 aromatic rings. The summed E-state index contributed by atoms with van der Waals surface area (Å²) in [6, 6.07) is -0.925. The molecule has 1 fully saturated rings. The number of hydrogen-bond donors (Lipinski definition) is 2. The predicted octanol–water partition coefficient (Wildman–Crippen LogP) is 1.60. The van der Waals surface area contributed by atoms with Crippen molar-refractivity contribution in [3.05, 3.63) is 12.2 Å². The number of aliphatic carboxylic acids is 1. The molecule has 1 rings (SSSR count). The van der Waals surface area contributed by atoms with E-state index in [1.165, 1.54) is 0 Å². The minimum atomic E-state index is -1.02. The van der Waals surface area contributed by atoms with E-state index in [2.05, 4.69) is 11.9 Å². The van der Waals surface area contributed by atoms with Crippen LogP contribution in [0.25, 0.3) is 0 Å². The Balaban J connectivity index is 2.77. The summed E-state index contributed by atoms with van der Waals surface area (Å²) in [6.07, 6.45) is 2.40. The molecule has 1 aliphatic rings. The van der Waals surface area contributed by atoms with Gasteiger partial charge in [0.05, 0.1) is 12.2 Å². The molecule has 0 spiro atoms. The lowest BCUT2D eigenvalue weighted by atomic mass is 9.75. The van der Waals surface area contributed by atoms with Gasteiger partial charge in [0.25, 0.3) is 0 Å². The Labute approximate surface area is 131 Å². The molecule has 6 nitrogen and oxygen atoms in total. The molecule has 0 bridgehead atoms. The fraction of sp³-hybridized carbons (Fsp3) is 0.750. The highest BCUT2D eigenvalue weighted by atomic mass is 16.5. The highest BCUT2D eigenvalue weighted by Crippen LogP contribution is 2.34. The second kappa shape index (κ2) is 8.29. The van der Waals surface area contributed by atoms with Crippen molar-refractivity contribution in [2.45, 2.75) is 51.4 Å². The van der Waals surface area contributed by atoms with Gasteiger partial charge in [-0.2, -0.15) is 0 Å². The van der Waals surface area contributed by atoms with Crippen molar-refractivity contribution < 1.29 is 24.2 Å². The first kappa shape index (κ1) is 18.6. The second-order valence-corrected chi connectivity index (χ2v) is 6.05. The highest BCUT2D eigenvalue weighted by Gasteiger charge is 2.38. The molecule has 6 heteroatoms. The van der Waals surface area contributed by atoms with Crippen LogP contribution in [0.4, 0.5) is 0 Å². The Morgan fingerprint density at radius 2 is 1.82 bits per heavy atom. The van der Waals surface area contributed by atoms with Crippen LogP contribution >= 0.6 is 0 Å². The molecule has 0 aromatic carbocycles. The smallest absolute Gasteiger partial charge is 0.326 e. The van der Waals surface area contributed by atoms with Gasteiger partial charge in [-0.15, -0.1) is 0 Å². The van der Waals surface area contributed by atoms with E-state index in [1.54, 1.807) is 21.1 Å². The zero-order valence-corrected chi connectivity index (χ0v) is 13.8. The number of rotatable bonds is 7. The van der Waals surface area contributed by atoms with Crippen molar-refractivity contribution >= 4 is 11.9 Å². The number of amides is 1. The maximum absolute atomic E-state index is 11.7. The van der Waals surface area contributed by atoms with Crippen LogP contribution in [0.5, 0.6) is 0 Å². The van der Waals surface area contributed by atoms with Gasteiger partial charge in [-0.05, 0) is 38.0 Å². The maximum atomic E-state index is 11.7. The van der Waals surface area contributed by atoms with Crippen LogP contribution < -0.4 is 5.32 Å². The first-order valence-electron chi connectivity index (χ1n) is 7.56. The summed E-state index contributed by atoms with van der Waals surface area (Å²) >= 11 is 0. The SMILES string of the molecule is C=C(C)C(=O)NC(C(=O)O)C(C)C1CCC(OC)C(OC)C1. The van der Waals surface area contributed by atoms with E-state index in [9.17, 15) is 14.7 Å². The van der Waals surface area contributed by atoms with Crippen LogP contribution in [-0.4, -0.2) is 49.5 Å². The van der Waals surface area contributed by atoms with Crippen LogP contribution in [0.2, 0.25) is 0 Å². The number of carboxylic acids is 1. The summed E-state index contributed by atoms with van der Waals surface area (Å²) in [7, 11) is 3.30. The molecule has 1 saturated carbocycles. The number of hydrogen-bond acceptors (Lipinski definition) is 4. The molecule has 126 valence electrons. The van der Waals surface area contributed by atoms with Crippen LogP contribution in [-0.2, 0) is 19.1 Å². The average Bonchev–Trinajstić information content (AvgIpc) is 2.50. The molecule has 0 aliphatic heterocycles. The van der Waals surface area contributed by atoms with Gasteiger partial charge in [-0.1, -0.05) is 13.5 Å². The van der Waals surface area contributed by atoms with Crippen molar-refractivity contribution in [1.82, 2.24) is 5.32 Å². The highest BCUT2D eigenvalue weighted by molar-refractivity contribution is 5.94. The van der Waals surface area contributed by atoms with Gasteiger partial charge in [0, 0.05) is 19.8 Å². The third kappa shape index (κ3) is 4.55. The summed E-state index contributed by atoms with van der Waals surface area (Å²) < 4.78 is 10.9. The molecule has 5 atom stereocenters. The zero-order chi connectivity index (χ0) is 16.9. The molecule has 22 heavy (non-hydrogen) atoms. The van der Waals surface area contributed by atoms with Crippen LogP contribution in [0, 0.1) is 11.8 Å². The third-order valence-corrected chi connectivity index (χ3v) is 4.59. The van der Waals surface area contributed by atoms with E-state index >= 15 is 0 Å². The van der Waals surface area contributed by atoms with E-state index < -0.39 is 17.9 Å². The Hall–Kier alpha value is -1.40. The van der Waals surface area contributed by atoms with E-state index in [-0.39, 0.29) is 24.0 Å². The van der Waals surface area contributed by atoms with E-state index in [4.69, 9.17) is 9.47 Å². The summed E-state index contributed by atoms with van der Waals surface area (Å²) in [4.78, 5) is 23.3. The van der Waals surface area contributed by atoms with Crippen molar-refractivity contribution in [2.24, 2.45) is 11.8 Å². The summed E-state index contributed by atoms with van der Waals surface area (Å²) in [5, 5.41) is 12.0. The third-order valence-electron chi connectivity index (χ3n) is 4.59. The molecular weight excluding hydrogens is 286 g/mol. The normalized spacial score (nSPS) is 27.7. The monoisotopic (exact) mass is 313 g/mol. The average molecular weight is 313 g/mol. The molecule has 0 radical (unpaired) electrons. The molecule has 0 aromatic heterocycles. The van der Waals surface area contributed by atoms with Gasteiger partial charge >= 0.3 is 5.97 Å². The Morgan fingerprint density at radius 3 is 2.27 bits per heavy atom. The lowest BCUT2D eigenvalue weighted by Gasteiger charge is -2.38. The van der Waals surface area contributed by atoms with Crippen molar-refractivity contribution in [2.75, 3.05) is 14.2 Å². The molecule has 0 heterocycles. The van der Waals surface area contributed by atoms with Gasteiger partial charge < -0.3 is 19.9 Å². The van der Waals surface area contributed by atoms with E-state index in [1.807, 2.05) is 6.92 Å². The Bertz CT molecular complexity index is 423. The summed E-state index contributed by atoms with van der Waals surface area (Å²) in [5.74, 6) is -1.49. The number of ether oxygens (including phenoxy) is 2. The number of carbonyl (C=O) groups excluding carboxylic acids is 1. The van der Waals surface area contributed by atoms with E-state index in [0.717, 1.165) is 19.3 Å². The number of carbonyl (C=O) groups is 2. The molecule has 1 aliphatic carbocycles. The number of nitrogens with one attached hydrogen (secondary N) is 1. The van der Waals surface area contributed by atoms with Crippen molar-refractivity contribution in [3.8, 4) is 0 Å². The fourth-order valence-corrected chi connectivity index (χ4v) is 3.08. The van der Waals surface area contributed by atoms with Gasteiger partial charge in [-0.25, -0.2) is 4.79 Å². The Kier molecular flexibility index (Phi) is 7.03. The van der Waals surface area contributed by atoms with Crippen LogP contribution in [0.15, 0.2) is 12.2 Å². The summed E-state index contributed by atoms with van der Waals surface area (Å²) in [6.45, 7) is 6.97. The molecular formula is C16H27NO5. The number of methoxy groups -OCH3 is 2. The second-order valence-electron chi connectivity index (χ2n) is 6.05. The lowest BCUT2D eigenvalue weighted by molar-refractivity contribution is -0.144. The van der Waals surface area contributed by atoms with Crippen molar-refractivity contribution in [1.29, 1.82) is 0 Å². The number of carboxylic acid groups (broad SMARTS) is 1. The molecule has 5 unspecified atom stereocenters. The van der Waals surface area contributed by atoms with E-state index in [0.29, 0.717) is 5.57 Å². The lowest BCUT2D eigenvalue weighted by Crippen LogP contribution is -2.49. The van der Waals surface area contributed by atoms with Crippen LogP contribution in [0.3, 0.4) is 0 Å². The van der Waals surface area contributed by atoms with Gasteiger partial charge in [0.15, 0.2) is 0 Å². The topological polar surface area (TPSA) is 84.9 Å². The minimum Gasteiger partial charge on any atom is -0.480 e. The quantitative estimate of drug-likeness (QED) is 0.697. The summed E-state index contributed by atoms with van der Waals surface area (Å²) in [5.41, 5.74) is 0.302. The molecule has 1 amide bonds. The van der Waals surface area contributed by atoms with Gasteiger partial charge in [-0.3, -0.25) is 4.79 Å². The minimum absolute atomic E-state index is 0.0433. The standard InChI is InChI=1S/C16H27NO5/c1-9(2)15(18)17-14(16(19)20)10(3)11-6-7-12(21-4)13(8-11)22-5/h10-14H,1,6-8H2,2-5H3,(H,17,18)(H,19,20). The van der Waals surface area contributed by atoms with Crippen LogP contribution in [0.1, 0.15) is 33.1 Å². The van der Waals surface area contributed by atoms with Crippen molar-refractivity contribution in [3.63, 3.8) is 0 Å². The molecule has 2 N–H and O–H groups in total. The Morgan fingerprint density at radius 1 is 1.23 bits per heavy atom.